The van der Waals surface area contributed by atoms with Crippen molar-refractivity contribution in [3.05, 3.63) is 35.9 Å². The van der Waals surface area contributed by atoms with Crippen molar-refractivity contribution in [3.63, 3.8) is 0 Å². The number of benzene rings is 1. The number of anilines is 1. The highest BCUT2D eigenvalue weighted by molar-refractivity contribution is 7.89. The standard InChI is InChI=1S/C13H18N2O3S/c1-4-5-10(2)13(16)15(3)11-6-8-12(9-7-11)19(14,17)18/h5-9H,4H2,1-3H3,(H2,14,17,18)/b10-5-. The molecule has 1 amide bonds. The van der Waals surface area contributed by atoms with Gasteiger partial charge in [-0.2, -0.15) is 0 Å². The van der Waals surface area contributed by atoms with Gasteiger partial charge in [0, 0.05) is 18.3 Å². The molecule has 0 atom stereocenters. The van der Waals surface area contributed by atoms with E-state index in [-0.39, 0.29) is 10.8 Å². The molecule has 1 rings (SSSR count). The summed E-state index contributed by atoms with van der Waals surface area (Å²) >= 11 is 0. The lowest BCUT2D eigenvalue weighted by Gasteiger charge is -2.18. The molecule has 0 aliphatic carbocycles. The van der Waals surface area contributed by atoms with Crippen LogP contribution in [0.3, 0.4) is 0 Å². The Kier molecular flexibility index (Phi) is 4.85. The van der Waals surface area contributed by atoms with E-state index >= 15 is 0 Å². The lowest BCUT2D eigenvalue weighted by molar-refractivity contribution is -0.114. The topological polar surface area (TPSA) is 80.5 Å². The number of hydrogen-bond donors (Lipinski definition) is 1. The molecule has 0 saturated heterocycles. The van der Waals surface area contributed by atoms with Gasteiger partial charge in [0.15, 0.2) is 0 Å². The van der Waals surface area contributed by atoms with Crippen molar-refractivity contribution < 1.29 is 13.2 Å². The number of nitrogens with zero attached hydrogens (tertiary/aromatic N) is 1. The van der Waals surface area contributed by atoms with Gasteiger partial charge in [-0.15, -0.1) is 0 Å². The van der Waals surface area contributed by atoms with Crippen LogP contribution in [0.15, 0.2) is 40.8 Å². The Labute approximate surface area is 113 Å². The highest BCUT2D eigenvalue weighted by Crippen LogP contribution is 2.17. The van der Waals surface area contributed by atoms with Crippen molar-refractivity contribution in [1.29, 1.82) is 0 Å². The first-order valence-corrected chi connectivity index (χ1v) is 7.39. The molecule has 0 aromatic heterocycles. The Morgan fingerprint density at radius 2 is 1.84 bits per heavy atom. The lowest BCUT2D eigenvalue weighted by atomic mass is 10.2. The molecule has 0 spiro atoms. The minimum absolute atomic E-state index is 0.0259. The monoisotopic (exact) mass is 282 g/mol. The molecule has 0 unspecified atom stereocenters. The summed E-state index contributed by atoms with van der Waals surface area (Å²) in [5.74, 6) is -0.120. The average molecular weight is 282 g/mol. The maximum Gasteiger partial charge on any atom is 0.253 e. The van der Waals surface area contributed by atoms with Crippen LogP contribution in [0.2, 0.25) is 0 Å². The van der Waals surface area contributed by atoms with E-state index in [4.69, 9.17) is 5.14 Å². The van der Waals surface area contributed by atoms with Gasteiger partial charge in [-0.05, 0) is 37.6 Å². The number of primary sulfonamides is 1. The molecule has 1 aromatic rings. The molecular formula is C13H18N2O3S. The zero-order chi connectivity index (χ0) is 14.6. The highest BCUT2D eigenvalue weighted by Gasteiger charge is 2.13. The van der Waals surface area contributed by atoms with Gasteiger partial charge in [0.25, 0.3) is 5.91 Å². The fraction of sp³-hybridized carbons (Fsp3) is 0.308. The molecule has 0 radical (unpaired) electrons. The first-order chi connectivity index (χ1) is 8.77. The van der Waals surface area contributed by atoms with E-state index < -0.39 is 10.0 Å². The van der Waals surface area contributed by atoms with Crippen LogP contribution in [0.4, 0.5) is 5.69 Å². The Hall–Kier alpha value is -1.66. The van der Waals surface area contributed by atoms with Crippen LogP contribution in [-0.2, 0) is 14.8 Å². The maximum atomic E-state index is 12.0. The molecule has 5 nitrogen and oxygen atoms in total. The maximum absolute atomic E-state index is 12.0. The Morgan fingerprint density at radius 3 is 2.26 bits per heavy atom. The van der Waals surface area contributed by atoms with Gasteiger partial charge >= 0.3 is 0 Å². The fourth-order valence-electron chi connectivity index (χ4n) is 1.63. The molecule has 6 heteroatoms. The van der Waals surface area contributed by atoms with E-state index in [1.54, 1.807) is 26.1 Å². The third kappa shape index (κ3) is 3.90. The van der Waals surface area contributed by atoms with Crippen LogP contribution in [0.5, 0.6) is 0 Å². The van der Waals surface area contributed by atoms with Crippen molar-refractivity contribution in [1.82, 2.24) is 0 Å². The number of nitrogens with two attached hydrogens (primary N) is 1. The average Bonchev–Trinajstić information content (AvgIpc) is 2.36. The number of allylic oxidation sites excluding steroid dienone is 1. The summed E-state index contributed by atoms with van der Waals surface area (Å²) in [6.07, 6.45) is 2.63. The zero-order valence-corrected chi connectivity index (χ0v) is 12.1. The molecular weight excluding hydrogens is 264 g/mol. The molecule has 0 bridgehead atoms. The van der Waals surface area contributed by atoms with Crippen molar-refractivity contribution >= 4 is 21.6 Å². The molecule has 0 aliphatic rings. The minimum atomic E-state index is -3.71. The van der Waals surface area contributed by atoms with E-state index in [0.717, 1.165) is 6.42 Å². The predicted octanol–water partition coefficient (Wildman–Crippen LogP) is 1.65. The molecule has 0 aliphatic heterocycles. The second-order valence-corrected chi connectivity index (χ2v) is 5.76. The largest absolute Gasteiger partial charge is 0.312 e. The molecule has 1 aromatic carbocycles. The Balaban J connectivity index is 2.99. The smallest absolute Gasteiger partial charge is 0.253 e. The second-order valence-electron chi connectivity index (χ2n) is 4.20. The number of likely N-dealkylation sites (N-methyl/N-ethyl adjacent to an activating group) is 1. The summed E-state index contributed by atoms with van der Waals surface area (Å²) in [7, 11) is -2.07. The van der Waals surface area contributed by atoms with Gasteiger partial charge in [0.2, 0.25) is 10.0 Å². The zero-order valence-electron chi connectivity index (χ0n) is 11.3. The highest BCUT2D eigenvalue weighted by atomic mass is 32.2. The number of carbonyl (C=O) groups excluding carboxylic acids is 1. The van der Waals surface area contributed by atoms with Gasteiger partial charge in [-0.3, -0.25) is 4.79 Å². The fourth-order valence-corrected chi connectivity index (χ4v) is 2.15. The molecule has 19 heavy (non-hydrogen) atoms. The van der Waals surface area contributed by atoms with Gasteiger partial charge in [0.1, 0.15) is 0 Å². The van der Waals surface area contributed by atoms with Crippen molar-refractivity contribution in [2.75, 3.05) is 11.9 Å². The number of sulfonamides is 1. The molecule has 104 valence electrons. The predicted molar refractivity (Wildman–Crippen MR) is 75.3 cm³/mol. The normalized spacial score (nSPS) is 12.3. The van der Waals surface area contributed by atoms with Crippen LogP contribution in [0.25, 0.3) is 0 Å². The minimum Gasteiger partial charge on any atom is -0.312 e. The third-order valence-corrected chi connectivity index (χ3v) is 3.63. The summed E-state index contributed by atoms with van der Waals surface area (Å²) in [4.78, 5) is 13.5. The Morgan fingerprint density at radius 1 is 1.32 bits per heavy atom. The van der Waals surface area contributed by atoms with Gasteiger partial charge in [-0.1, -0.05) is 13.0 Å². The Bertz CT molecular complexity index is 589. The molecule has 0 saturated carbocycles. The van der Waals surface area contributed by atoms with E-state index in [1.165, 1.54) is 17.0 Å². The van der Waals surface area contributed by atoms with E-state index in [9.17, 15) is 13.2 Å². The number of hydrogen-bond acceptors (Lipinski definition) is 3. The molecule has 0 fully saturated rings. The van der Waals surface area contributed by atoms with E-state index in [2.05, 4.69) is 0 Å². The second kappa shape index (κ2) is 5.99. The number of amides is 1. The molecule has 2 N–H and O–H groups in total. The number of carbonyl (C=O) groups is 1. The SMILES string of the molecule is CC/C=C(/C)C(=O)N(C)c1ccc(S(N)(=O)=O)cc1. The summed E-state index contributed by atoms with van der Waals surface area (Å²) in [6, 6.07) is 5.87. The summed E-state index contributed by atoms with van der Waals surface area (Å²) in [6.45, 7) is 3.71. The summed E-state index contributed by atoms with van der Waals surface area (Å²) in [5.41, 5.74) is 1.27. The summed E-state index contributed by atoms with van der Waals surface area (Å²) in [5, 5.41) is 5.01. The van der Waals surface area contributed by atoms with Crippen molar-refractivity contribution in [3.8, 4) is 0 Å². The van der Waals surface area contributed by atoms with Crippen LogP contribution in [0, 0.1) is 0 Å². The van der Waals surface area contributed by atoms with Crippen molar-refractivity contribution in [2.24, 2.45) is 5.14 Å². The van der Waals surface area contributed by atoms with E-state index in [0.29, 0.717) is 11.3 Å². The number of rotatable bonds is 4. The van der Waals surface area contributed by atoms with Crippen LogP contribution < -0.4 is 10.0 Å². The summed E-state index contributed by atoms with van der Waals surface area (Å²) < 4.78 is 22.3. The van der Waals surface area contributed by atoms with Gasteiger partial charge in [0.05, 0.1) is 4.90 Å². The van der Waals surface area contributed by atoms with E-state index in [1.807, 2.05) is 13.0 Å². The third-order valence-electron chi connectivity index (χ3n) is 2.70. The van der Waals surface area contributed by atoms with Crippen molar-refractivity contribution in [2.45, 2.75) is 25.2 Å². The van der Waals surface area contributed by atoms with Crippen LogP contribution in [0.1, 0.15) is 20.3 Å². The van der Waals surface area contributed by atoms with Crippen LogP contribution >= 0.6 is 0 Å². The van der Waals surface area contributed by atoms with Crippen LogP contribution in [-0.4, -0.2) is 21.4 Å². The quantitative estimate of drug-likeness (QED) is 0.853. The van der Waals surface area contributed by atoms with Gasteiger partial charge in [-0.25, -0.2) is 13.6 Å². The lowest BCUT2D eigenvalue weighted by Crippen LogP contribution is -2.27. The molecule has 0 heterocycles. The first kappa shape index (κ1) is 15.4. The van der Waals surface area contributed by atoms with Gasteiger partial charge < -0.3 is 4.90 Å². The first-order valence-electron chi connectivity index (χ1n) is 5.85.